The molecule has 238 valence electrons. The molecule has 0 radical (unpaired) electrons. The van der Waals surface area contributed by atoms with Gasteiger partial charge < -0.3 is 44.7 Å². The molecule has 6 N–H and O–H groups in total. The third kappa shape index (κ3) is 7.16. The second-order valence-electron chi connectivity index (χ2n) is 10.8. The lowest BCUT2D eigenvalue weighted by Crippen LogP contribution is -2.67. The van der Waals surface area contributed by atoms with Crippen LogP contribution >= 0.6 is 11.6 Å². The summed E-state index contributed by atoms with van der Waals surface area (Å²) in [5.41, 5.74) is 4.48. The zero-order valence-electron chi connectivity index (χ0n) is 23.9. The number of hydrogen-bond donors (Lipinski definition) is 6. The van der Waals surface area contributed by atoms with E-state index in [1.165, 1.54) is 25.1 Å². The Balaban J connectivity index is 1.16. The summed E-state index contributed by atoms with van der Waals surface area (Å²) in [5.74, 6) is -1.30. The third-order valence-electron chi connectivity index (χ3n) is 7.56. The van der Waals surface area contributed by atoms with Gasteiger partial charge in [-0.05, 0) is 55.3 Å². The molecule has 5 rings (SSSR count). The molecule has 8 atom stereocenters. The number of nitrogens with one attached hydrogen (secondary N) is 2. The summed E-state index contributed by atoms with van der Waals surface area (Å²) in [6, 6.07) is 10.0. The molecule has 2 aromatic rings. The van der Waals surface area contributed by atoms with Crippen molar-refractivity contribution in [2.45, 2.75) is 75.8 Å². The van der Waals surface area contributed by atoms with Gasteiger partial charge in [-0.3, -0.25) is 15.1 Å². The molecule has 2 heterocycles. The smallest absolute Gasteiger partial charge is 0.247 e. The molecule has 1 amide bonds. The van der Waals surface area contributed by atoms with Crippen LogP contribution in [0, 0.1) is 5.82 Å². The first kappa shape index (κ1) is 32.1. The van der Waals surface area contributed by atoms with E-state index in [2.05, 4.69) is 10.8 Å². The number of aliphatic hydroxyl groups is 4. The largest absolute Gasteiger partial charge is 0.454 e. The molecule has 3 aliphatic rings. The molecular formula is C30H34ClFN2O10. The molecule has 12 nitrogen and oxygen atoms in total. The van der Waals surface area contributed by atoms with Gasteiger partial charge in [-0.1, -0.05) is 29.8 Å². The van der Waals surface area contributed by atoms with E-state index in [-0.39, 0.29) is 36.9 Å². The predicted molar refractivity (Wildman–Crippen MR) is 153 cm³/mol. The number of benzene rings is 2. The summed E-state index contributed by atoms with van der Waals surface area (Å²) in [5, 5.41) is 44.8. The maximum Gasteiger partial charge on any atom is 0.247 e. The first-order valence-electron chi connectivity index (χ1n) is 13.9. The fourth-order valence-corrected chi connectivity index (χ4v) is 5.47. The number of amides is 1. The van der Waals surface area contributed by atoms with Crippen molar-refractivity contribution in [2.24, 2.45) is 0 Å². The zero-order chi connectivity index (χ0) is 31.5. The number of hydroxylamine groups is 1. The van der Waals surface area contributed by atoms with Crippen molar-refractivity contribution < 1.29 is 53.4 Å². The van der Waals surface area contributed by atoms with Crippen molar-refractivity contribution in [1.29, 1.82) is 0 Å². The number of allylic oxidation sites excluding steroid dienone is 1. The highest BCUT2D eigenvalue weighted by molar-refractivity contribution is 6.30. The van der Waals surface area contributed by atoms with Gasteiger partial charge in [0.05, 0.1) is 24.8 Å². The van der Waals surface area contributed by atoms with Crippen molar-refractivity contribution in [3.63, 3.8) is 0 Å². The summed E-state index contributed by atoms with van der Waals surface area (Å²) in [7, 11) is 0. The number of ether oxygens (including phenoxy) is 4. The van der Waals surface area contributed by atoms with Crippen LogP contribution in [0.5, 0.6) is 5.75 Å². The van der Waals surface area contributed by atoms with E-state index >= 15 is 0 Å². The highest BCUT2D eigenvalue weighted by Gasteiger charge is 2.53. The number of carbonyl (C=O) groups excluding carboxylic acids is 1. The van der Waals surface area contributed by atoms with Crippen LogP contribution in [0.15, 0.2) is 59.5 Å². The Morgan fingerprint density at radius 2 is 1.82 bits per heavy atom. The molecule has 0 aromatic heterocycles. The van der Waals surface area contributed by atoms with Gasteiger partial charge >= 0.3 is 0 Å². The average Bonchev–Trinajstić information content (AvgIpc) is 3.62. The number of hydrogen-bond acceptors (Lipinski definition) is 11. The Morgan fingerprint density at radius 1 is 1.07 bits per heavy atom. The van der Waals surface area contributed by atoms with Gasteiger partial charge in [-0.15, -0.1) is 0 Å². The molecule has 0 bridgehead atoms. The quantitative estimate of drug-likeness (QED) is 0.175. The van der Waals surface area contributed by atoms with Crippen LogP contribution in [0.4, 0.5) is 4.39 Å². The van der Waals surface area contributed by atoms with Crippen molar-refractivity contribution in [3.8, 4) is 5.75 Å². The Hall–Kier alpha value is -3.27. The Kier molecular flexibility index (Phi) is 10.1. The van der Waals surface area contributed by atoms with Crippen molar-refractivity contribution in [2.75, 3.05) is 6.79 Å². The molecule has 3 fully saturated rings. The maximum absolute atomic E-state index is 15.0. The molecule has 44 heavy (non-hydrogen) atoms. The normalized spacial score (nSPS) is 31.2. The summed E-state index contributed by atoms with van der Waals surface area (Å²) < 4.78 is 36.8. The topological polar surface area (TPSA) is 168 Å². The molecule has 0 spiro atoms. The number of aliphatic hydroxyl groups excluding tert-OH is 4. The van der Waals surface area contributed by atoms with Crippen molar-refractivity contribution in [1.82, 2.24) is 10.8 Å². The van der Waals surface area contributed by atoms with E-state index in [9.17, 15) is 29.6 Å². The Bertz CT molecular complexity index is 1420. The molecule has 2 saturated heterocycles. The minimum Gasteiger partial charge on any atom is -0.454 e. The fourth-order valence-electron chi connectivity index (χ4n) is 5.25. The molecule has 2 aliphatic heterocycles. The monoisotopic (exact) mass is 636 g/mol. The number of fused-ring (bicyclic) bond motifs is 1. The van der Waals surface area contributed by atoms with Crippen LogP contribution in [0.25, 0.3) is 6.08 Å². The molecule has 1 saturated carbocycles. The van der Waals surface area contributed by atoms with Gasteiger partial charge in [0.25, 0.3) is 0 Å². The van der Waals surface area contributed by atoms with Crippen LogP contribution in [0.3, 0.4) is 0 Å². The van der Waals surface area contributed by atoms with Gasteiger partial charge in [-0.25, -0.2) is 4.39 Å². The summed E-state index contributed by atoms with van der Waals surface area (Å²) in [4.78, 5) is 18.3. The maximum atomic E-state index is 15.0. The minimum absolute atomic E-state index is 0.0509. The van der Waals surface area contributed by atoms with Gasteiger partial charge in [0.15, 0.2) is 17.3 Å². The minimum atomic E-state index is -1.49. The van der Waals surface area contributed by atoms with E-state index in [0.29, 0.717) is 16.3 Å². The first-order chi connectivity index (χ1) is 21.0. The van der Waals surface area contributed by atoms with Crippen molar-refractivity contribution in [3.05, 3.63) is 81.5 Å². The Morgan fingerprint density at radius 3 is 2.55 bits per heavy atom. The summed E-state index contributed by atoms with van der Waals surface area (Å²) in [6.45, 7) is 3.20. The highest BCUT2D eigenvalue weighted by atomic mass is 35.5. The van der Waals surface area contributed by atoms with Crippen LogP contribution in [-0.4, -0.2) is 82.1 Å². The second kappa shape index (κ2) is 13.8. The number of halogens is 2. The van der Waals surface area contributed by atoms with E-state index in [4.69, 9.17) is 35.4 Å². The standard InChI is InChI=1S/C30H34ClFN2O10/c1-14(30(39)33-23-24(36)26(38)29-28(25(23)37)40-13-41-29)8-16-6-7-21(19(32)10-16)43-22-11-20(35)27(44-22)15(2)34-42-12-17-4-3-5-18(31)9-17/h3-10,20,22-26,28-29,34-38H,11-13H2,1-2H3,(H,33,39)/t20-,22-,23-,24+,25-,26-,28+,29-/m1/s1. The predicted octanol–water partition coefficient (Wildman–Crippen LogP) is 1.64. The van der Waals surface area contributed by atoms with Crippen LogP contribution in [0.2, 0.25) is 5.02 Å². The molecule has 0 unspecified atom stereocenters. The molecular weight excluding hydrogens is 603 g/mol. The van der Waals surface area contributed by atoms with Crippen LogP contribution in [0.1, 0.15) is 31.4 Å². The summed E-state index contributed by atoms with van der Waals surface area (Å²) >= 11 is 5.98. The van der Waals surface area contributed by atoms with Gasteiger partial charge in [0, 0.05) is 10.6 Å². The van der Waals surface area contributed by atoms with Gasteiger partial charge in [0.2, 0.25) is 12.2 Å². The molecule has 2 aromatic carbocycles. The number of rotatable bonds is 9. The third-order valence-corrected chi connectivity index (χ3v) is 7.79. The van der Waals surface area contributed by atoms with E-state index in [1.54, 1.807) is 25.1 Å². The zero-order valence-corrected chi connectivity index (χ0v) is 24.6. The lowest BCUT2D eigenvalue weighted by atomic mass is 9.83. The second-order valence-corrected chi connectivity index (χ2v) is 11.2. The van der Waals surface area contributed by atoms with Crippen LogP contribution in [-0.2, 0) is 30.4 Å². The van der Waals surface area contributed by atoms with Gasteiger partial charge in [0.1, 0.15) is 43.4 Å². The van der Waals surface area contributed by atoms with E-state index in [0.717, 1.165) is 11.6 Å². The fraction of sp³-hybridized carbons (Fsp3) is 0.433. The van der Waals surface area contributed by atoms with Gasteiger partial charge in [-0.2, -0.15) is 0 Å². The molecule has 14 heteroatoms. The first-order valence-corrected chi connectivity index (χ1v) is 14.3. The lowest BCUT2D eigenvalue weighted by molar-refractivity contribution is -0.155. The average molecular weight is 637 g/mol. The lowest BCUT2D eigenvalue weighted by Gasteiger charge is -2.41. The SMILES string of the molecule is CC(=Cc1ccc(O[C@H]2C[C@@H](O)C(=C(C)NOCc3cccc(Cl)c3)O2)c(F)c1)C(=O)N[C@@H]1[C@H](O)[C@@H](O)[C@H]2OCO[C@H]2[C@@H]1O. The van der Waals surface area contributed by atoms with E-state index < -0.39 is 60.7 Å². The molecule has 1 aliphatic carbocycles. The highest BCUT2D eigenvalue weighted by Crippen LogP contribution is 2.31. The Labute approximate surface area is 257 Å². The number of carbonyl (C=O) groups is 1. The van der Waals surface area contributed by atoms with E-state index in [1.807, 2.05) is 6.07 Å². The van der Waals surface area contributed by atoms with Crippen molar-refractivity contribution >= 4 is 23.6 Å². The van der Waals surface area contributed by atoms with Crippen LogP contribution < -0.4 is 15.5 Å². The summed E-state index contributed by atoms with van der Waals surface area (Å²) in [6.07, 6.45) is -6.51.